The molecule has 0 saturated carbocycles. The van der Waals surface area contributed by atoms with Crippen molar-refractivity contribution < 1.29 is 4.79 Å². The Kier molecular flexibility index (Phi) is 6.43. The molecule has 1 aromatic heterocycles. The molecule has 6 heteroatoms. The van der Waals surface area contributed by atoms with E-state index in [-0.39, 0.29) is 11.4 Å². The number of aromatic nitrogens is 1. The first-order valence-electron chi connectivity index (χ1n) is 11.2. The fourth-order valence-corrected chi connectivity index (χ4v) is 4.66. The van der Waals surface area contributed by atoms with Gasteiger partial charge in [0, 0.05) is 35.8 Å². The Labute approximate surface area is 200 Å². The molecule has 2 heterocycles. The molecule has 0 atom stereocenters. The number of hydrogen-bond acceptors (Lipinski definition) is 3. The lowest BCUT2D eigenvalue weighted by molar-refractivity contribution is 0.0955. The van der Waals surface area contributed by atoms with Crippen LogP contribution in [0.4, 0.5) is 5.69 Å². The summed E-state index contributed by atoms with van der Waals surface area (Å²) in [4.78, 5) is 15.2. The zero-order valence-electron chi connectivity index (χ0n) is 19.5. The molecule has 1 N–H and O–H groups in total. The molecular formula is C27H29ClN4O. The molecule has 1 amide bonds. The van der Waals surface area contributed by atoms with Gasteiger partial charge in [-0.3, -0.25) is 4.79 Å². The molecule has 4 rings (SSSR count). The second kappa shape index (κ2) is 9.28. The number of carbonyl (C=O) groups is 1. The maximum Gasteiger partial charge on any atom is 0.273 e. The van der Waals surface area contributed by atoms with Gasteiger partial charge in [0.15, 0.2) is 0 Å². The Morgan fingerprint density at radius 1 is 1.12 bits per heavy atom. The van der Waals surface area contributed by atoms with Crippen LogP contribution in [0.1, 0.15) is 55.6 Å². The van der Waals surface area contributed by atoms with Gasteiger partial charge in [-0.25, -0.2) is 5.43 Å². The van der Waals surface area contributed by atoms with Crippen LogP contribution in [-0.2, 0) is 0 Å². The van der Waals surface area contributed by atoms with E-state index in [1.807, 2.05) is 59.4 Å². The van der Waals surface area contributed by atoms with Crippen molar-refractivity contribution in [2.75, 3.05) is 11.4 Å². The third-order valence-corrected chi connectivity index (χ3v) is 6.27. The van der Waals surface area contributed by atoms with Crippen molar-refractivity contribution in [1.82, 2.24) is 9.99 Å². The number of amides is 1. The number of nitrogens with zero attached hydrogens (tertiary/aromatic N) is 3. The van der Waals surface area contributed by atoms with Crippen LogP contribution in [0, 0.1) is 0 Å². The first kappa shape index (κ1) is 22.9. The molecule has 170 valence electrons. The predicted molar refractivity (Wildman–Crippen MR) is 138 cm³/mol. The van der Waals surface area contributed by atoms with Gasteiger partial charge in [-0.15, -0.1) is 0 Å². The maximum absolute atomic E-state index is 12.8. The van der Waals surface area contributed by atoms with Gasteiger partial charge in [0.1, 0.15) is 0 Å². The van der Waals surface area contributed by atoms with Crippen LogP contribution in [0.5, 0.6) is 0 Å². The van der Waals surface area contributed by atoms with Crippen molar-refractivity contribution in [1.29, 1.82) is 0 Å². The molecule has 1 aliphatic rings. The lowest BCUT2D eigenvalue weighted by atomic mass is 9.88. The summed E-state index contributed by atoms with van der Waals surface area (Å²) in [7, 11) is 0. The van der Waals surface area contributed by atoms with Gasteiger partial charge in [0.05, 0.1) is 28.0 Å². The third-order valence-electron chi connectivity index (χ3n) is 5.94. The lowest BCUT2D eigenvalue weighted by Gasteiger charge is -2.43. The SMILES string of the molecule is CCCN1c2cc(Cl)c(/C=N\NC(=O)c3ccccc3-n3cccc3)cc2C(C)=CC1(C)C. The summed E-state index contributed by atoms with van der Waals surface area (Å²) in [6.07, 6.45) is 8.76. The van der Waals surface area contributed by atoms with E-state index in [0.29, 0.717) is 10.6 Å². The summed E-state index contributed by atoms with van der Waals surface area (Å²) in [5.74, 6) is -0.281. The fraction of sp³-hybridized carbons (Fsp3) is 0.259. The van der Waals surface area contributed by atoms with Crippen molar-refractivity contribution in [3.05, 3.63) is 88.7 Å². The van der Waals surface area contributed by atoms with Gasteiger partial charge in [-0.2, -0.15) is 5.10 Å². The number of halogens is 1. The molecule has 1 aliphatic heterocycles. The highest BCUT2D eigenvalue weighted by Crippen LogP contribution is 2.41. The number of nitrogens with one attached hydrogen (secondary N) is 1. The lowest BCUT2D eigenvalue weighted by Crippen LogP contribution is -2.45. The minimum atomic E-state index is -0.281. The maximum atomic E-state index is 12.8. The van der Waals surface area contributed by atoms with Crippen molar-refractivity contribution in [2.24, 2.45) is 5.10 Å². The smallest absolute Gasteiger partial charge is 0.273 e. The summed E-state index contributed by atoms with van der Waals surface area (Å²) in [5, 5.41) is 4.81. The fourth-order valence-electron chi connectivity index (χ4n) is 4.45. The molecular weight excluding hydrogens is 432 g/mol. The first-order valence-corrected chi connectivity index (χ1v) is 11.6. The van der Waals surface area contributed by atoms with Crippen molar-refractivity contribution in [2.45, 2.75) is 39.7 Å². The molecule has 0 unspecified atom stereocenters. The third kappa shape index (κ3) is 4.60. The standard InChI is InChI=1S/C27H29ClN4O/c1-5-12-32-25-16-23(28)20(15-22(25)19(2)17-27(32,3)4)18-29-30-26(33)21-10-6-7-11-24(21)31-13-8-9-14-31/h6-11,13-18H,5,12H2,1-4H3,(H,30,33)/b29-18-. The number of allylic oxidation sites excluding steroid dienone is 1. The topological polar surface area (TPSA) is 49.6 Å². The highest BCUT2D eigenvalue weighted by Gasteiger charge is 2.31. The number of fused-ring (bicyclic) bond motifs is 1. The van der Waals surface area contributed by atoms with E-state index < -0.39 is 0 Å². The van der Waals surface area contributed by atoms with E-state index in [1.54, 1.807) is 12.3 Å². The number of hydrogen-bond donors (Lipinski definition) is 1. The van der Waals surface area contributed by atoms with Gasteiger partial charge in [-0.1, -0.05) is 36.7 Å². The molecule has 0 aliphatic carbocycles. The molecule has 3 aromatic rings. The van der Waals surface area contributed by atoms with Gasteiger partial charge in [0.25, 0.3) is 5.91 Å². The molecule has 0 bridgehead atoms. The second-order valence-electron chi connectivity index (χ2n) is 8.83. The quantitative estimate of drug-likeness (QED) is 0.346. The van der Waals surface area contributed by atoms with Crippen LogP contribution in [0.25, 0.3) is 11.3 Å². The van der Waals surface area contributed by atoms with Crippen LogP contribution in [-0.4, -0.2) is 28.8 Å². The Balaban J connectivity index is 1.58. The summed E-state index contributed by atoms with van der Waals surface area (Å²) >= 11 is 6.64. The van der Waals surface area contributed by atoms with E-state index in [0.717, 1.165) is 35.5 Å². The van der Waals surface area contributed by atoms with Crippen LogP contribution < -0.4 is 10.3 Å². The van der Waals surface area contributed by atoms with Crippen molar-refractivity contribution in [3.63, 3.8) is 0 Å². The number of carbonyl (C=O) groups excluding carboxylic acids is 1. The predicted octanol–water partition coefficient (Wildman–Crippen LogP) is 6.31. The summed E-state index contributed by atoms with van der Waals surface area (Å²) in [6, 6.07) is 15.3. The number of para-hydroxylation sites is 1. The summed E-state index contributed by atoms with van der Waals surface area (Å²) in [6.45, 7) is 9.70. The molecule has 0 spiro atoms. The van der Waals surface area contributed by atoms with E-state index >= 15 is 0 Å². The van der Waals surface area contributed by atoms with Gasteiger partial charge >= 0.3 is 0 Å². The van der Waals surface area contributed by atoms with E-state index in [1.165, 1.54) is 5.57 Å². The minimum absolute atomic E-state index is 0.0763. The number of benzene rings is 2. The van der Waals surface area contributed by atoms with E-state index in [4.69, 9.17) is 11.6 Å². The number of anilines is 1. The van der Waals surface area contributed by atoms with E-state index in [2.05, 4.69) is 49.2 Å². The van der Waals surface area contributed by atoms with Gasteiger partial charge < -0.3 is 9.47 Å². The first-order chi connectivity index (χ1) is 15.8. The zero-order valence-corrected chi connectivity index (χ0v) is 20.2. The van der Waals surface area contributed by atoms with Crippen LogP contribution in [0.3, 0.4) is 0 Å². The van der Waals surface area contributed by atoms with Crippen LogP contribution in [0.2, 0.25) is 5.02 Å². The molecule has 2 aromatic carbocycles. The largest absolute Gasteiger partial charge is 0.362 e. The number of rotatable bonds is 6. The molecule has 33 heavy (non-hydrogen) atoms. The van der Waals surface area contributed by atoms with E-state index in [9.17, 15) is 4.79 Å². The second-order valence-corrected chi connectivity index (χ2v) is 9.24. The van der Waals surface area contributed by atoms with Crippen molar-refractivity contribution >= 4 is 35.0 Å². The zero-order chi connectivity index (χ0) is 23.6. The molecule has 0 radical (unpaired) electrons. The van der Waals surface area contributed by atoms with Crippen LogP contribution in [0.15, 0.2) is 72.1 Å². The Morgan fingerprint density at radius 2 is 1.85 bits per heavy atom. The monoisotopic (exact) mass is 460 g/mol. The summed E-state index contributed by atoms with van der Waals surface area (Å²) < 4.78 is 1.90. The Morgan fingerprint density at radius 3 is 2.58 bits per heavy atom. The Bertz CT molecular complexity index is 1220. The van der Waals surface area contributed by atoms with Gasteiger partial charge in [0.2, 0.25) is 0 Å². The Hall–Kier alpha value is -3.31. The molecule has 5 nitrogen and oxygen atoms in total. The molecule has 0 fully saturated rings. The highest BCUT2D eigenvalue weighted by molar-refractivity contribution is 6.33. The molecule has 0 saturated heterocycles. The summed E-state index contributed by atoms with van der Waals surface area (Å²) in [5.41, 5.74) is 8.14. The number of hydrazone groups is 1. The average Bonchev–Trinajstić information content (AvgIpc) is 3.32. The highest BCUT2D eigenvalue weighted by atomic mass is 35.5. The average molecular weight is 461 g/mol. The normalized spacial score (nSPS) is 14.8. The minimum Gasteiger partial charge on any atom is -0.362 e. The van der Waals surface area contributed by atoms with Gasteiger partial charge in [-0.05, 0) is 69.2 Å². The van der Waals surface area contributed by atoms with Crippen LogP contribution >= 0.6 is 11.6 Å². The van der Waals surface area contributed by atoms with Crippen molar-refractivity contribution in [3.8, 4) is 5.69 Å².